The average Bonchev–Trinajstić information content (AvgIpc) is 2.67. The van der Waals surface area contributed by atoms with Gasteiger partial charge >= 0.3 is 0 Å². The summed E-state index contributed by atoms with van der Waals surface area (Å²) in [5.74, 6) is 0. The molecule has 0 bridgehead atoms. The molecule has 0 unspecified atom stereocenters. The molecule has 0 aliphatic rings. The van der Waals surface area contributed by atoms with Gasteiger partial charge in [-0.15, -0.1) is 11.3 Å². The first-order valence-corrected chi connectivity index (χ1v) is 6.71. The van der Waals surface area contributed by atoms with Gasteiger partial charge in [0.1, 0.15) is 0 Å². The molecule has 0 saturated carbocycles. The third-order valence-corrected chi connectivity index (χ3v) is 3.66. The summed E-state index contributed by atoms with van der Waals surface area (Å²) in [6, 6.07) is 8.36. The van der Waals surface area contributed by atoms with Crippen molar-refractivity contribution in [3.63, 3.8) is 0 Å². The van der Waals surface area contributed by atoms with Crippen LogP contribution in [0.4, 0.5) is 0 Å². The molecule has 4 heteroatoms. The first-order valence-electron chi connectivity index (χ1n) is 5.10. The Balaban J connectivity index is 1.82. The van der Waals surface area contributed by atoms with Crippen molar-refractivity contribution in [2.45, 2.75) is 20.0 Å². The van der Waals surface area contributed by atoms with Gasteiger partial charge < -0.3 is 5.32 Å². The quantitative estimate of drug-likeness (QED) is 0.934. The molecule has 16 heavy (non-hydrogen) atoms. The lowest BCUT2D eigenvalue weighted by Crippen LogP contribution is -2.12. The zero-order chi connectivity index (χ0) is 11.4. The van der Waals surface area contributed by atoms with Crippen molar-refractivity contribution in [2.24, 2.45) is 0 Å². The maximum absolute atomic E-state index is 4.31. The van der Waals surface area contributed by atoms with E-state index in [4.69, 9.17) is 0 Å². The minimum atomic E-state index is 0.810. The van der Waals surface area contributed by atoms with Crippen LogP contribution in [0.1, 0.15) is 15.4 Å². The Morgan fingerprint density at radius 1 is 1.25 bits per heavy atom. The second-order valence-electron chi connectivity index (χ2n) is 3.58. The maximum atomic E-state index is 4.31. The summed E-state index contributed by atoms with van der Waals surface area (Å²) in [5.41, 5.74) is 1.07. The maximum Gasteiger partial charge on any atom is 0.0542 e. The summed E-state index contributed by atoms with van der Waals surface area (Å²) in [6.07, 6.45) is 1.83. The number of aryl methyl sites for hydroxylation is 1. The van der Waals surface area contributed by atoms with Gasteiger partial charge in [-0.3, -0.25) is 4.98 Å². The van der Waals surface area contributed by atoms with Gasteiger partial charge in [0.15, 0.2) is 0 Å². The largest absolute Gasteiger partial charge is 0.306 e. The third-order valence-electron chi connectivity index (χ3n) is 2.19. The van der Waals surface area contributed by atoms with Gasteiger partial charge in [0.25, 0.3) is 0 Å². The highest BCUT2D eigenvalue weighted by atomic mass is 79.9. The molecular weight excluding hydrogens is 284 g/mol. The first kappa shape index (κ1) is 11.8. The van der Waals surface area contributed by atoms with E-state index in [2.05, 4.69) is 45.3 Å². The fourth-order valence-electron chi connectivity index (χ4n) is 1.40. The molecule has 0 radical (unpaired) electrons. The predicted molar refractivity (Wildman–Crippen MR) is 71.5 cm³/mol. The van der Waals surface area contributed by atoms with E-state index in [1.54, 1.807) is 0 Å². The van der Waals surface area contributed by atoms with Crippen molar-refractivity contribution in [1.82, 2.24) is 10.3 Å². The topological polar surface area (TPSA) is 24.9 Å². The molecule has 0 atom stereocenters. The van der Waals surface area contributed by atoms with Crippen LogP contribution in [0.5, 0.6) is 0 Å². The number of hydrogen-bond donors (Lipinski definition) is 1. The van der Waals surface area contributed by atoms with Crippen molar-refractivity contribution in [2.75, 3.05) is 0 Å². The second kappa shape index (κ2) is 5.57. The SMILES string of the molecule is Cc1ccc(CNCc2ccc(Br)cn2)s1. The van der Waals surface area contributed by atoms with Gasteiger partial charge in [0, 0.05) is 33.5 Å². The molecule has 0 fully saturated rings. The lowest BCUT2D eigenvalue weighted by atomic mass is 10.3. The summed E-state index contributed by atoms with van der Waals surface area (Å²) in [4.78, 5) is 7.04. The molecule has 0 aliphatic carbocycles. The Hall–Kier alpha value is -0.710. The normalized spacial score (nSPS) is 10.6. The van der Waals surface area contributed by atoms with E-state index in [0.717, 1.165) is 23.3 Å². The number of rotatable bonds is 4. The summed E-state index contributed by atoms with van der Waals surface area (Å²) < 4.78 is 1.02. The Labute approximate surface area is 108 Å². The Morgan fingerprint density at radius 2 is 2.12 bits per heavy atom. The molecule has 2 rings (SSSR count). The standard InChI is InChI=1S/C12H13BrN2S/c1-9-2-5-12(16-9)8-14-7-11-4-3-10(13)6-15-11/h2-6,14H,7-8H2,1H3. The van der Waals surface area contributed by atoms with Crippen LogP contribution < -0.4 is 5.32 Å². The van der Waals surface area contributed by atoms with Gasteiger partial charge in [-0.05, 0) is 47.1 Å². The molecule has 0 aliphatic heterocycles. The Kier molecular flexibility index (Phi) is 4.09. The van der Waals surface area contributed by atoms with Crippen molar-refractivity contribution in [3.8, 4) is 0 Å². The fraction of sp³-hybridized carbons (Fsp3) is 0.250. The van der Waals surface area contributed by atoms with Crippen LogP contribution in [0.25, 0.3) is 0 Å². The zero-order valence-corrected chi connectivity index (χ0v) is 11.4. The zero-order valence-electron chi connectivity index (χ0n) is 9.03. The van der Waals surface area contributed by atoms with E-state index in [0.29, 0.717) is 0 Å². The van der Waals surface area contributed by atoms with Crippen LogP contribution in [-0.2, 0) is 13.1 Å². The van der Waals surface area contributed by atoms with Crippen LogP contribution in [-0.4, -0.2) is 4.98 Å². The molecule has 0 amide bonds. The number of nitrogens with one attached hydrogen (secondary N) is 1. The summed E-state index contributed by atoms with van der Waals surface area (Å²) in [7, 11) is 0. The van der Waals surface area contributed by atoms with E-state index >= 15 is 0 Å². The first-order chi connectivity index (χ1) is 7.74. The smallest absolute Gasteiger partial charge is 0.0542 e. The number of halogens is 1. The molecular formula is C12H13BrN2S. The third kappa shape index (κ3) is 3.40. The summed E-state index contributed by atoms with van der Waals surface area (Å²) in [5, 5.41) is 3.38. The number of thiophene rings is 1. The molecule has 0 saturated heterocycles. The fourth-order valence-corrected chi connectivity index (χ4v) is 2.50. The minimum Gasteiger partial charge on any atom is -0.306 e. The van der Waals surface area contributed by atoms with Crippen molar-refractivity contribution in [3.05, 3.63) is 50.4 Å². The van der Waals surface area contributed by atoms with Gasteiger partial charge in [0.05, 0.1) is 5.69 Å². The monoisotopic (exact) mass is 296 g/mol. The number of pyridine rings is 1. The number of aromatic nitrogens is 1. The highest BCUT2D eigenvalue weighted by Crippen LogP contribution is 2.14. The molecule has 2 aromatic heterocycles. The van der Waals surface area contributed by atoms with Crippen LogP contribution >= 0.6 is 27.3 Å². The molecule has 0 spiro atoms. The highest BCUT2D eigenvalue weighted by Gasteiger charge is 1.97. The van der Waals surface area contributed by atoms with Gasteiger partial charge in [-0.2, -0.15) is 0 Å². The van der Waals surface area contributed by atoms with E-state index in [-0.39, 0.29) is 0 Å². The van der Waals surface area contributed by atoms with Crippen LogP contribution in [0.15, 0.2) is 34.9 Å². The highest BCUT2D eigenvalue weighted by molar-refractivity contribution is 9.10. The molecule has 2 aromatic rings. The van der Waals surface area contributed by atoms with Gasteiger partial charge in [-0.1, -0.05) is 0 Å². The van der Waals surface area contributed by atoms with Crippen LogP contribution in [0, 0.1) is 6.92 Å². The average molecular weight is 297 g/mol. The molecule has 1 N–H and O–H groups in total. The van der Waals surface area contributed by atoms with Crippen molar-refractivity contribution >= 4 is 27.3 Å². The second-order valence-corrected chi connectivity index (χ2v) is 5.87. The van der Waals surface area contributed by atoms with Crippen molar-refractivity contribution in [1.29, 1.82) is 0 Å². The molecule has 0 aromatic carbocycles. The Bertz CT molecular complexity index is 450. The molecule has 2 nitrogen and oxygen atoms in total. The van der Waals surface area contributed by atoms with E-state index in [1.807, 2.05) is 29.7 Å². The van der Waals surface area contributed by atoms with E-state index in [9.17, 15) is 0 Å². The number of hydrogen-bond acceptors (Lipinski definition) is 3. The van der Waals surface area contributed by atoms with Gasteiger partial charge in [0.2, 0.25) is 0 Å². The lowest BCUT2D eigenvalue weighted by Gasteiger charge is -2.02. The van der Waals surface area contributed by atoms with Crippen LogP contribution in [0.3, 0.4) is 0 Å². The summed E-state index contributed by atoms with van der Waals surface area (Å²) in [6.45, 7) is 3.85. The Morgan fingerprint density at radius 3 is 2.75 bits per heavy atom. The predicted octanol–water partition coefficient (Wildman–Crippen LogP) is 3.50. The van der Waals surface area contributed by atoms with E-state index < -0.39 is 0 Å². The van der Waals surface area contributed by atoms with Crippen molar-refractivity contribution < 1.29 is 0 Å². The minimum absolute atomic E-state index is 0.810. The van der Waals surface area contributed by atoms with Crippen LogP contribution in [0.2, 0.25) is 0 Å². The number of nitrogens with zero attached hydrogens (tertiary/aromatic N) is 1. The lowest BCUT2D eigenvalue weighted by molar-refractivity contribution is 0.686. The van der Waals surface area contributed by atoms with E-state index in [1.165, 1.54) is 9.75 Å². The molecule has 2 heterocycles. The van der Waals surface area contributed by atoms with Gasteiger partial charge in [-0.25, -0.2) is 0 Å². The molecule has 84 valence electrons. The summed E-state index contributed by atoms with van der Waals surface area (Å²) >= 11 is 5.21.